The van der Waals surface area contributed by atoms with Crippen LogP contribution < -0.4 is 15.4 Å². The molecule has 3 aromatic rings. The lowest BCUT2D eigenvalue weighted by Crippen LogP contribution is -2.44. The Morgan fingerprint density at radius 1 is 1.00 bits per heavy atom. The zero-order valence-electron chi connectivity index (χ0n) is 16.3. The van der Waals surface area contributed by atoms with Gasteiger partial charge < -0.3 is 24.7 Å². The normalized spacial score (nSPS) is 16.1. The molecule has 2 aromatic carbocycles. The number of benzene rings is 2. The maximum Gasteiger partial charge on any atom is 0.125 e. The van der Waals surface area contributed by atoms with E-state index in [2.05, 4.69) is 41.1 Å². The number of likely N-dealkylation sites (N-methyl/N-ethyl adjacent to an activating group) is 1. The van der Waals surface area contributed by atoms with Crippen molar-refractivity contribution in [2.45, 2.75) is 12.6 Å². The van der Waals surface area contributed by atoms with Gasteiger partial charge in [-0.15, -0.1) is 0 Å². The van der Waals surface area contributed by atoms with Gasteiger partial charge in [0.05, 0.1) is 12.3 Å². The molecule has 1 aliphatic heterocycles. The summed E-state index contributed by atoms with van der Waals surface area (Å²) < 4.78 is 11.7. The molecule has 1 saturated heterocycles. The number of furan rings is 1. The maximum atomic E-state index is 6.55. The Labute approximate surface area is 166 Å². The molecule has 0 bridgehead atoms. The molecule has 5 nitrogen and oxygen atoms in total. The van der Waals surface area contributed by atoms with E-state index in [1.807, 2.05) is 36.4 Å². The van der Waals surface area contributed by atoms with Crippen LogP contribution in [0.5, 0.6) is 5.75 Å². The van der Waals surface area contributed by atoms with Gasteiger partial charge in [-0.25, -0.2) is 0 Å². The van der Waals surface area contributed by atoms with E-state index in [4.69, 9.17) is 14.9 Å². The Hall–Kier alpha value is -2.76. The Morgan fingerprint density at radius 3 is 2.50 bits per heavy atom. The standard InChI is InChI=1S/C23H27N3O2/c1-25-11-13-26(14-12-25)19-9-10-21(28-17-18-6-3-2-4-7-18)20(16-19)23(24)22-8-5-15-27-22/h2-10,15-16,23H,11-14,17,24H2,1H3. The zero-order valence-corrected chi connectivity index (χ0v) is 16.3. The summed E-state index contributed by atoms with van der Waals surface area (Å²) in [6.07, 6.45) is 1.66. The van der Waals surface area contributed by atoms with Crippen LogP contribution in [0.3, 0.4) is 0 Å². The van der Waals surface area contributed by atoms with E-state index in [-0.39, 0.29) is 6.04 Å². The third kappa shape index (κ3) is 4.21. The topological polar surface area (TPSA) is 54.9 Å². The van der Waals surface area contributed by atoms with Gasteiger partial charge in [-0.3, -0.25) is 0 Å². The Balaban J connectivity index is 1.60. The smallest absolute Gasteiger partial charge is 0.125 e. The molecule has 1 aliphatic rings. The molecule has 0 aliphatic carbocycles. The number of hydrogen-bond donors (Lipinski definition) is 1. The lowest BCUT2D eigenvalue weighted by Gasteiger charge is -2.34. The summed E-state index contributed by atoms with van der Waals surface area (Å²) in [5, 5.41) is 0. The van der Waals surface area contributed by atoms with Crippen LogP contribution in [0.4, 0.5) is 5.69 Å². The van der Waals surface area contributed by atoms with E-state index in [1.54, 1.807) is 6.26 Å². The summed E-state index contributed by atoms with van der Waals surface area (Å²) in [4.78, 5) is 4.75. The van der Waals surface area contributed by atoms with Crippen molar-refractivity contribution in [3.63, 3.8) is 0 Å². The second kappa shape index (κ2) is 8.50. The lowest BCUT2D eigenvalue weighted by molar-refractivity contribution is 0.300. The van der Waals surface area contributed by atoms with Gasteiger partial charge in [-0.2, -0.15) is 0 Å². The van der Waals surface area contributed by atoms with Crippen molar-refractivity contribution in [3.8, 4) is 5.75 Å². The van der Waals surface area contributed by atoms with Crippen LogP contribution in [0.25, 0.3) is 0 Å². The lowest BCUT2D eigenvalue weighted by atomic mass is 10.0. The number of ether oxygens (including phenoxy) is 1. The van der Waals surface area contributed by atoms with Crippen LogP contribution in [0.2, 0.25) is 0 Å². The largest absolute Gasteiger partial charge is 0.489 e. The second-order valence-corrected chi connectivity index (χ2v) is 7.28. The molecule has 5 heteroatoms. The van der Waals surface area contributed by atoms with Gasteiger partial charge in [0.2, 0.25) is 0 Å². The predicted molar refractivity (Wildman–Crippen MR) is 112 cm³/mol. The molecule has 1 atom stereocenters. The third-order valence-electron chi connectivity index (χ3n) is 5.28. The molecule has 0 radical (unpaired) electrons. The predicted octanol–water partition coefficient (Wildman–Crippen LogP) is 3.66. The van der Waals surface area contributed by atoms with Crippen LogP contribution in [0.1, 0.15) is 22.9 Å². The molecular weight excluding hydrogens is 350 g/mol. The minimum Gasteiger partial charge on any atom is -0.489 e. The maximum absolute atomic E-state index is 6.55. The fourth-order valence-electron chi connectivity index (χ4n) is 3.53. The van der Waals surface area contributed by atoms with Gasteiger partial charge in [0.1, 0.15) is 18.1 Å². The van der Waals surface area contributed by atoms with Gasteiger partial charge in [0, 0.05) is 37.4 Å². The first-order chi connectivity index (χ1) is 13.7. The van der Waals surface area contributed by atoms with Gasteiger partial charge in [0.15, 0.2) is 0 Å². The highest BCUT2D eigenvalue weighted by molar-refractivity contribution is 5.55. The quantitative estimate of drug-likeness (QED) is 0.710. The fraction of sp³-hybridized carbons (Fsp3) is 0.304. The highest BCUT2D eigenvalue weighted by Crippen LogP contribution is 2.33. The molecule has 28 heavy (non-hydrogen) atoms. The van der Waals surface area contributed by atoms with Crippen LogP contribution in [-0.4, -0.2) is 38.1 Å². The first kappa shape index (κ1) is 18.6. The summed E-state index contributed by atoms with van der Waals surface area (Å²) >= 11 is 0. The molecule has 1 aromatic heterocycles. The van der Waals surface area contributed by atoms with Crippen LogP contribution in [-0.2, 0) is 6.61 Å². The van der Waals surface area contributed by atoms with E-state index in [0.29, 0.717) is 6.61 Å². The molecule has 0 amide bonds. The van der Waals surface area contributed by atoms with Crippen LogP contribution in [0, 0.1) is 0 Å². The Kier molecular flexibility index (Phi) is 5.65. The molecule has 0 spiro atoms. The van der Waals surface area contributed by atoms with Crippen LogP contribution >= 0.6 is 0 Å². The van der Waals surface area contributed by atoms with E-state index in [0.717, 1.165) is 48.8 Å². The molecular formula is C23H27N3O2. The van der Waals surface area contributed by atoms with Crippen molar-refractivity contribution in [3.05, 3.63) is 83.8 Å². The Morgan fingerprint density at radius 2 is 1.79 bits per heavy atom. The minimum absolute atomic E-state index is 0.367. The molecule has 1 unspecified atom stereocenters. The highest BCUT2D eigenvalue weighted by atomic mass is 16.5. The van der Waals surface area contributed by atoms with Crippen molar-refractivity contribution in [1.82, 2.24) is 4.90 Å². The molecule has 2 N–H and O–H groups in total. The summed E-state index contributed by atoms with van der Waals surface area (Å²) in [6, 6.07) is 19.9. The van der Waals surface area contributed by atoms with Crippen molar-refractivity contribution >= 4 is 5.69 Å². The van der Waals surface area contributed by atoms with Crippen molar-refractivity contribution in [2.24, 2.45) is 5.73 Å². The summed E-state index contributed by atoms with van der Waals surface area (Å²) in [5.41, 5.74) is 9.80. The second-order valence-electron chi connectivity index (χ2n) is 7.28. The fourth-order valence-corrected chi connectivity index (χ4v) is 3.53. The van der Waals surface area contributed by atoms with E-state index >= 15 is 0 Å². The third-order valence-corrected chi connectivity index (χ3v) is 5.28. The van der Waals surface area contributed by atoms with Crippen molar-refractivity contribution in [1.29, 1.82) is 0 Å². The number of hydrogen-bond acceptors (Lipinski definition) is 5. The summed E-state index contributed by atoms with van der Waals surface area (Å²) in [5.74, 6) is 1.53. The van der Waals surface area contributed by atoms with Gasteiger partial charge in [-0.1, -0.05) is 30.3 Å². The summed E-state index contributed by atoms with van der Waals surface area (Å²) in [7, 11) is 2.16. The van der Waals surface area contributed by atoms with E-state index in [1.165, 1.54) is 5.69 Å². The van der Waals surface area contributed by atoms with Gasteiger partial charge in [0.25, 0.3) is 0 Å². The number of piperazine rings is 1. The number of nitrogens with zero attached hydrogens (tertiary/aromatic N) is 2. The van der Waals surface area contributed by atoms with Crippen LogP contribution in [0.15, 0.2) is 71.3 Å². The average Bonchev–Trinajstić information content (AvgIpc) is 3.28. The molecule has 4 rings (SSSR count). The number of rotatable bonds is 6. The van der Waals surface area contributed by atoms with Gasteiger partial charge in [-0.05, 0) is 42.9 Å². The minimum atomic E-state index is -0.367. The first-order valence-electron chi connectivity index (χ1n) is 9.74. The first-order valence-corrected chi connectivity index (χ1v) is 9.74. The molecule has 2 heterocycles. The Bertz CT molecular complexity index is 872. The zero-order chi connectivity index (χ0) is 19.3. The molecule has 0 saturated carbocycles. The van der Waals surface area contributed by atoms with Crippen molar-refractivity contribution in [2.75, 3.05) is 38.1 Å². The highest BCUT2D eigenvalue weighted by Gasteiger charge is 2.21. The average molecular weight is 377 g/mol. The number of nitrogens with two attached hydrogens (primary N) is 1. The molecule has 146 valence electrons. The number of anilines is 1. The van der Waals surface area contributed by atoms with E-state index in [9.17, 15) is 0 Å². The molecule has 1 fully saturated rings. The summed E-state index contributed by atoms with van der Waals surface area (Å²) in [6.45, 7) is 4.65. The monoisotopic (exact) mass is 377 g/mol. The van der Waals surface area contributed by atoms with Gasteiger partial charge >= 0.3 is 0 Å². The van der Waals surface area contributed by atoms with E-state index < -0.39 is 0 Å². The van der Waals surface area contributed by atoms with Crippen molar-refractivity contribution < 1.29 is 9.15 Å². The SMILES string of the molecule is CN1CCN(c2ccc(OCc3ccccc3)c(C(N)c3ccco3)c2)CC1.